The van der Waals surface area contributed by atoms with Crippen molar-refractivity contribution in [1.82, 2.24) is 0 Å². The third-order valence-electron chi connectivity index (χ3n) is 3.67. The Morgan fingerprint density at radius 1 is 0.667 bits per heavy atom. The van der Waals surface area contributed by atoms with Gasteiger partial charge in [0.25, 0.3) is 0 Å². The number of nitrogens with one attached hydrogen (secondary N) is 1. The second-order valence-electron chi connectivity index (χ2n) is 5.22. The SMILES string of the molecule is c1ccc(Cc2ccc3c(c2)Nc2ccccc2O3)cc1. The third-order valence-corrected chi connectivity index (χ3v) is 3.67. The van der Waals surface area contributed by atoms with E-state index in [1.165, 1.54) is 11.1 Å². The average Bonchev–Trinajstić information content (AvgIpc) is 2.54. The largest absolute Gasteiger partial charge is 0.453 e. The summed E-state index contributed by atoms with van der Waals surface area (Å²) < 4.78 is 5.92. The molecule has 3 aromatic carbocycles. The molecule has 2 heteroatoms. The molecule has 0 saturated heterocycles. The highest BCUT2D eigenvalue weighted by Gasteiger charge is 2.15. The summed E-state index contributed by atoms with van der Waals surface area (Å²) in [5.41, 5.74) is 4.63. The van der Waals surface area contributed by atoms with Gasteiger partial charge in [0, 0.05) is 0 Å². The molecule has 1 N–H and O–H groups in total. The summed E-state index contributed by atoms with van der Waals surface area (Å²) in [4.78, 5) is 0. The van der Waals surface area contributed by atoms with Crippen molar-refractivity contribution in [3.05, 3.63) is 83.9 Å². The number of rotatable bonds is 2. The molecule has 102 valence electrons. The molecule has 0 aliphatic carbocycles. The predicted octanol–water partition coefficient (Wildman–Crippen LogP) is 5.13. The van der Waals surface area contributed by atoms with Gasteiger partial charge in [-0.05, 0) is 41.8 Å². The van der Waals surface area contributed by atoms with Crippen LogP contribution in [0.2, 0.25) is 0 Å². The molecule has 3 aromatic rings. The molecule has 0 radical (unpaired) electrons. The Bertz CT molecular complexity index is 781. The highest BCUT2D eigenvalue weighted by molar-refractivity contribution is 5.75. The highest BCUT2D eigenvalue weighted by atomic mass is 16.5. The van der Waals surface area contributed by atoms with Gasteiger partial charge in [-0.15, -0.1) is 0 Å². The third kappa shape index (κ3) is 2.36. The van der Waals surface area contributed by atoms with Gasteiger partial charge in [0.15, 0.2) is 11.5 Å². The van der Waals surface area contributed by atoms with Crippen molar-refractivity contribution in [1.29, 1.82) is 0 Å². The van der Waals surface area contributed by atoms with Crippen molar-refractivity contribution in [2.75, 3.05) is 5.32 Å². The van der Waals surface area contributed by atoms with E-state index >= 15 is 0 Å². The zero-order valence-electron chi connectivity index (χ0n) is 11.5. The number of hydrogen-bond donors (Lipinski definition) is 1. The maximum atomic E-state index is 5.92. The van der Waals surface area contributed by atoms with Gasteiger partial charge < -0.3 is 10.1 Å². The molecule has 0 aromatic heterocycles. The van der Waals surface area contributed by atoms with E-state index in [0.29, 0.717) is 0 Å². The van der Waals surface area contributed by atoms with Crippen LogP contribution in [-0.2, 0) is 6.42 Å². The molecule has 1 aliphatic heterocycles. The first-order valence-electron chi connectivity index (χ1n) is 7.09. The Kier molecular flexibility index (Phi) is 2.86. The Hall–Kier alpha value is -2.74. The molecule has 1 heterocycles. The van der Waals surface area contributed by atoms with Crippen molar-refractivity contribution >= 4 is 11.4 Å². The number of para-hydroxylation sites is 2. The first-order valence-corrected chi connectivity index (χ1v) is 7.09. The van der Waals surface area contributed by atoms with Crippen LogP contribution in [0.1, 0.15) is 11.1 Å². The summed E-state index contributed by atoms with van der Waals surface area (Å²) in [6.07, 6.45) is 0.928. The standard InChI is InChI=1S/C19H15NO/c1-2-6-14(7-3-1)12-15-10-11-19-17(13-15)20-16-8-4-5-9-18(16)21-19/h1-11,13,20H,12H2. The topological polar surface area (TPSA) is 21.3 Å². The monoisotopic (exact) mass is 273 g/mol. The maximum absolute atomic E-state index is 5.92. The van der Waals surface area contributed by atoms with Gasteiger partial charge in [0.2, 0.25) is 0 Å². The van der Waals surface area contributed by atoms with E-state index in [4.69, 9.17) is 4.74 Å². The Morgan fingerprint density at radius 3 is 2.33 bits per heavy atom. The summed E-state index contributed by atoms with van der Waals surface area (Å²) in [6.45, 7) is 0. The number of benzene rings is 3. The van der Waals surface area contributed by atoms with Crippen LogP contribution in [-0.4, -0.2) is 0 Å². The van der Waals surface area contributed by atoms with Crippen molar-refractivity contribution in [2.24, 2.45) is 0 Å². The molecule has 0 spiro atoms. The molecule has 2 nitrogen and oxygen atoms in total. The number of hydrogen-bond acceptors (Lipinski definition) is 2. The van der Waals surface area contributed by atoms with E-state index < -0.39 is 0 Å². The van der Waals surface area contributed by atoms with Crippen LogP contribution < -0.4 is 10.1 Å². The molecule has 4 rings (SSSR count). The first-order chi connectivity index (χ1) is 10.4. The first kappa shape index (κ1) is 12.0. The molecule has 0 fully saturated rings. The molecule has 0 atom stereocenters. The lowest BCUT2D eigenvalue weighted by Crippen LogP contribution is -2.03. The average molecular weight is 273 g/mol. The van der Waals surface area contributed by atoms with Gasteiger partial charge >= 0.3 is 0 Å². The lowest BCUT2D eigenvalue weighted by molar-refractivity contribution is 0.481. The second-order valence-corrected chi connectivity index (χ2v) is 5.22. The van der Waals surface area contributed by atoms with Gasteiger partial charge in [-0.3, -0.25) is 0 Å². The number of anilines is 2. The Balaban J connectivity index is 1.64. The van der Waals surface area contributed by atoms with Gasteiger partial charge in [-0.2, -0.15) is 0 Å². The molecule has 21 heavy (non-hydrogen) atoms. The minimum absolute atomic E-state index is 0.876. The molecule has 1 aliphatic rings. The van der Waals surface area contributed by atoms with E-state index in [9.17, 15) is 0 Å². The van der Waals surface area contributed by atoms with E-state index in [1.54, 1.807) is 0 Å². The van der Waals surface area contributed by atoms with Crippen LogP contribution in [0.4, 0.5) is 11.4 Å². The van der Waals surface area contributed by atoms with Gasteiger partial charge in [0.1, 0.15) is 0 Å². The summed E-state index contributed by atoms with van der Waals surface area (Å²) in [7, 11) is 0. The van der Waals surface area contributed by atoms with E-state index in [2.05, 4.69) is 41.7 Å². The zero-order chi connectivity index (χ0) is 14.1. The molecule has 0 bridgehead atoms. The highest BCUT2D eigenvalue weighted by Crippen LogP contribution is 2.41. The quantitative estimate of drug-likeness (QED) is 0.547. The van der Waals surface area contributed by atoms with Gasteiger partial charge in [-0.25, -0.2) is 0 Å². The van der Waals surface area contributed by atoms with Crippen LogP contribution in [0.5, 0.6) is 11.5 Å². The van der Waals surface area contributed by atoms with Crippen molar-refractivity contribution in [2.45, 2.75) is 6.42 Å². The minimum Gasteiger partial charge on any atom is -0.453 e. The van der Waals surface area contributed by atoms with Crippen LogP contribution >= 0.6 is 0 Å². The van der Waals surface area contributed by atoms with Crippen molar-refractivity contribution < 1.29 is 4.74 Å². The lowest BCUT2D eigenvalue weighted by atomic mass is 10.0. The molecule has 0 unspecified atom stereocenters. The summed E-state index contributed by atoms with van der Waals surface area (Å²) in [6, 6.07) is 24.8. The predicted molar refractivity (Wildman–Crippen MR) is 85.5 cm³/mol. The normalized spacial score (nSPS) is 11.8. The smallest absolute Gasteiger partial charge is 0.150 e. The molecular formula is C19H15NO. The fourth-order valence-corrected chi connectivity index (χ4v) is 2.63. The van der Waals surface area contributed by atoms with Gasteiger partial charge in [-0.1, -0.05) is 48.5 Å². The molecule has 0 amide bonds. The maximum Gasteiger partial charge on any atom is 0.150 e. The van der Waals surface area contributed by atoms with E-state index in [-0.39, 0.29) is 0 Å². The summed E-state index contributed by atoms with van der Waals surface area (Å²) >= 11 is 0. The van der Waals surface area contributed by atoms with Crippen molar-refractivity contribution in [3.8, 4) is 11.5 Å². The van der Waals surface area contributed by atoms with Crippen molar-refractivity contribution in [3.63, 3.8) is 0 Å². The Labute approximate surface area is 124 Å². The van der Waals surface area contributed by atoms with Crippen LogP contribution in [0.25, 0.3) is 0 Å². The number of fused-ring (bicyclic) bond motifs is 2. The van der Waals surface area contributed by atoms with E-state index in [0.717, 1.165) is 29.3 Å². The molecular weight excluding hydrogens is 258 g/mol. The van der Waals surface area contributed by atoms with Crippen LogP contribution in [0.3, 0.4) is 0 Å². The Morgan fingerprint density at radius 2 is 1.43 bits per heavy atom. The molecule has 0 saturated carbocycles. The fourth-order valence-electron chi connectivity index (χ4n) is 2.63. The second kappa shape index (κ2) is 4.98. The van der Waals surface area contributed by atoms with Crippen LogP contribution in [0.15, 0.2) is 72.8 Å². The number of ether oxygens (including phenoxy) is 1. The van der Waals surface area contributed by atoms with E-state index in [1.807, 2.05) is 36.4 Å². The lowest BCUT2D eigenvalue weighted by Gasteiger charge is -2.22. The van der Waals surface area contributed by atoms with Crippen LogP contribution in [0, 0.1) is 0 Å². The summed E-state index contributed by atoms with van der Waals surface area (Å²) in [5, 5.41) is 3.44. The van der Waals surface area contributed by atoms with Gasteiger partial charge in [0.05, 0.1) is 11.4 Å². The zero-order valence-corrected chi connectivity index (χ0v) is 11.5. The minimum atomic E-state index is 0.876. The summed E-state index contributed by atoms with van der Waals surface area (Å²) in [5.74, 6) is 1.76. The fraction of sp³-hybridized carbons (Fsp3) is 0.0526.